The van der Waals surface area contributed by atoms with Gasteiger partial charge >= 0.3 is 0 Å². The first-order chi connectivity index (χ1) is 8.65. The highest BCUT2D eigenvalue weighted by Gasteiger charge is 2.01. The first-order valence-electron chi connectivity index (χ1n) is 6.20. The van der Waals surface area contributed by atoms with Crippen LogP contribution in [0, 0.1) is 13.8 Å². The van der Waals surface area contributed by atoms with Gasteiger partial charge in [0.15, 0.2) is 0 Å². The summed E-state index contributed by atoms with van der Waals surface area (Å²) in [5.74, 6) is 0.359. The van der Waals surface area contributed by atoms with Crippen LogP contribution in [0.2, 0.25) is 0 Å². The summed E-state index contributed by atoms with van der Waals surface area (Å²) in [6.45, 7) is 5.62. The number of hydrogen-bond acceptors (Lipinski definition) is 2. The molecule has 2 nitrogen and oxygen atoms in total. The Labute approximate surface area is 108 Å². The van der Waals surface area contributed by atoms with Crippen LogP contribution in [0.3, 0.4) is 0 Å². The largest absolute Gasteiger partial charge is 0.508 e. The number of rotatable bonds is 4. The van der Waals surface area contributed by atoms with Crippen LogP contribution in [0.5, 0.6) is 5.75 Å². The topological polar surface area (TPSA) is 32.3 Å². The van der Waals surface area contributed by atoms with Crippen molar-refractivity contribution in [1.29, 1.82) is 0 Å². The van der Waals surface area contributed by atoms with Crippen molar-refractivity contribution in [2.75, 3.05) is 0 Å². The predicted octanol–water partition coefficient (Wildman–Crippen LogP) is 3.30. The molecule has 0 radical (unpaired) electrons. The maximum atomic E-state index is 9.74. The number of benzene rings is 2. The van der Waals surface area contributed by atoms with Crippen LogP contribution >= 0.6 is 0 Å². The first-order valence-corrected chi connectivity index (χ1v) is 6.20. The molecule has 0 bridgehead atoms. The Hall–Kier alpha value is -1.80. The molecule has 0 atom stereocenters. The van der Waals surface area contributed by atoms with Crippen molar-refractivity contribution in [2.45, 2.75) is 26.9 Å². The molecule has 0 fully saturated rings. The summed E-state index contributed by atoms with van der Waals surface area (Å²) in [6, 6.07) is 14.1. The van der Waals surface area contributed by atoms with Gasteiger partial charge in [-0.1, -0.05) is 47.5 Å². The van der Waals surface area contributed by atoms with E-state index in [4.69, 9.17) is 0 Å². The van der Waals surface area contributed by atoms with Crippen molar-refractivity contribution >= 4 is 0 Å². The Morgan fingerprint density at radius 2 is 1.72 bits per heavy atom. The molecule has 2 aromatic carbocycles. The lowest BCUT2D eigenvalue weighted by atomic mass is 10.1. The Morgan fingerprint density at radius 3 is 2.50 bits per heavy atom. The van der Waals surface area contributed by atoms with Gasteiger partial charge in [0.2, 0.25) is 0 Å². The van der Waals surface area contributed by atoms with E-state index in [-0.39, 0.29) is 0 Å². The van der Waals surface area contributed by atoms with Gasteiger partial charge in [-0.3, -0.25) is 0 Å². The van der Waals surface area contributed by atoms with Crippen molar-refractivity contribution in [3.63, 3.8) is 0 Å². The minimum absolute atomic E-state index is 0.359. The molecule has 0 aliphatic carbocycles. The van der Waals surface area contributed by atoms with E-state index < -0.39 is 0 Å². The summed E-state index contributed by atoms with van der Waals surface area (Å²) in [7, 11) is 0. The maximum absolute atomic E-state index is 9.74. The van der Waals surface area contributed by atoms with Crippen LogP contribution in [0.1, 0.15) is 22.3 Å². The Morgan fingerprint density at radius 1 is 0.944 bits per heavy atom. The summed E-state index contributed by atoms with van der Waals surface area (Å²) < 4.78 is 0. The highest BCUT2D eigenvalue weighted by atomic mass is 16.3. The molecule has 94 valence electrons. The van der Waals surface area contributed by atoms with Crippen LogP contribution in [0.4, 0.5) is 0 Å². The smallest absolute Gasteiger partial charge is 0.120 e. The fraction of sp³-hybridized carbons (Fsp3) is 0.250. The second kappa shape index (κ2) is 5.69. The third-order valence-corrected chi connectivity index (χ3v) is 2.96. The third kappa shape index (κ3) is 3.34. The molecule has 0 unspecified atom stereocenters. The quantitative estimate of drug-likeness (QED) is 0.860. The van der Waals surface area contributed by atoms with Gasteiger partial charge in [0.25, 0.3) is 0 Å². The number of phenolic OH excluding ortho intramolecular Hbond substituents is 1. The Balaban J connectivity index is 1.94. The number of aryl methyl sites for hydroxylation is 2. The molecule has 2 heteroatoms. The molecule has 2 N–H and O–H groups in total. The van der Waals surface area contributed by atoms with E-state index >= 15 is 0 Å². The predicted molar refractivity (Wildman–Crippen MR) is 74.6 cm³/mol. The van der Waals surface area contributed by atoms with Crippen molar-refractivity contribution in [1.82, 2.24) is 5.32 Å². The number of hydrogen-bond donors (Lipinski definition) is 2. The zero-order chi connectivity index (χ0) is 13.0. The number of aromatic hydroxyl groups is 1. The van der Waals surface area contributed by atoms with E-state index in [2.05, 4.69) is 36.5 Å². The van der Waals surface area contributed by atoms with E-state index in [1.807, 2.05) is 19.1 Å². The van der Waals surface area contributed by atoms with E-state index in [1.165, 1.54) is 16.7 Å². The van der Waals surface area contributed by atoms with Crippen molar-refractivity contribution in [3.05, 3.63) is 64.7 Å². The molecular formula is C16H19NO. The minimum Gasteiger partial charge on any atom is -0.508 e. The summed E-state index contributed by atoms with van der Waals surface area (Å²) in [4.78, 5) is 0. The van der Waals surface area contributed by atoms with Gasteiger partial charge in [-0.2, -0.15) is 0 Å². The lowest BCUT2D eigenvalue weighted by Crippen LogP contribution is -2.12. The Bertz CT molecular complexity index is 534. The van der Waals surface area contributed by atoms with E-state index in [0.717, 1.165) is 12.1 Å². The normalized spacial score (nSPS) is 10.6. The first kappa shape index (κ1) is 12.7. The summed E-state index contributed by atoms with van der Waals surface area (Å²) in [6.07, 6.45) is 0. The fourth-order valence-corrected chi connectivity index (χ4v) is 2.02. The van der Waals surface area contributed by atoms with Gasteiger partial charge in [0.05, 0.1) is 0 Å². The van der Waals surface area contributed by atoms with Gasteiger partial charge in [0, 0.05) is 18.7 Å². The van der Waals surface area contributed by atoms with Crippen LogP contribution in [-0.2, 0) is 13.1 Å². The average molecular weight is 241 g/mol. The van der Waals surface area contributed by atoms with Gasteiger partial charge in [0.1, 0.15) is 5.75 Å². The molecule has 18 heavy (non-hydrogen) atoms. The van der Waals surface area contributed by atoms with Crippen molar-refractivity contribution in [3.8, 4) is 5.75 Å². The molecule has 0 spiro atoms. The van der Waals surface area contributed by atoms with Crippen molar-refractivity contribution < 1.29 is 5.11 Å². The lowest BCUT2D eigenvalue weighted by Gasteiger charge is -2.08. The Kier molecular flexibility index (Phi) is 4.00. The molecule has 0 amide bonds. The zero-order valence-electron chi connectivity index (χ0n) is 10.9. The molecule has 2 aromatic rings. The van der Waals surface area contributed by atoms with Crippen LogP contribution < -0.4 is 5.32 Å². The standard InChI is InChI=1S/C16H19NO/c1-12-4-3-5-14(8-12)10-17-11-15-9-13(2)6-7-16(15)18/h3-9,17-18H,10-11H2,1-2H3. The summed E-state index contributed by atoms with van der Waals surface area (Å²) >= 11 is 0. The second-order valence-electron chi connectivity index (χ2n) is 4.72. The molecular weight excluding hydrogens is 222 g/mol. The summed E-state index contributed by atoms with van der Waals surface area (Å²) in [5, 5.41) is 13.1. The SMILES string of the molecule is Cc1cccc(CNCc2cc(C)ccc2O)c1. The molecule has 0 heterocycles. The highest BCUT2D eigenvalue weighted by molar-refractivity contribution is 5.35. The molecule has 0 aromatic heterocycles. The lowest BCUT2D eigenvalue weighted by molar-refractivity contribution is 0.464. The average Bonchev–Trinajstić information content (AvgIpc) is 2.34. The van der Waals surface area contributed by atoms with Gasteiger partial charge in [-0.25, -0.2) is 0 Å². The number of phenols is 1. The second-order valence-corrected chi connectivity index (χ2v) is 4.72. The maximum Gasteiger partial charge on any atom is 0.120 e. The highest BCUT2D eigenvalue weighted by Crippen LogP contribution is 2.17. The monoisotopic (exact) mass is 241 g/mol. The van der Waals surface area contributed by atoms with Gasteiger partial charge < -0.3 is 10.4 Å². The molecule has 0 saturated carbocycles. The van der Waals surface area contributed by atoms with Crippen LogP contribution in [0.15, 0.2) is 42.5 Å². The van der Waals surface area contributed by atoms with Gasteiger partial charge in [-0.05, 0) is 25.5 Å². The molecule has 2 rings (SSSR count). The van der Waals surface area contributed by atoms with Crippen LogP contribution in [-0.4, -0.2) is 5.11 Å². The van der Waals surface area contributed by atoms with Crippen LogP contribution in [0.25, 0.3) is 0 Å². The molecule has 0 aliphatic rings. The van der Waals surface area contributed by atoms with E-state index in [0.29, 0.717) is 12.3 Å². The molecule has 0 aliphatic heterocycles. The zero-order valence-corrected chi connectivity index (χ0v) is 10.9. The number of nitrogens with one attached hydrogen (secondary N) is 1. The third-order valence-electron chi connectivity index (χ3n) is 2.96. The van der Waals surface area contributed by atoms with E-state index in [9.17, 15) is 5.11 Å². The minimum atomic E-state index is 0.359. The summed E-state index contributed by atoms with van der Waals surface area (Å²) in [5.41, 5.74) is 4.65. The van der Waals surface area contributed by atoms with Gasteiger partial charge in [-0.15, -0.1) is 0 Å². The van der Waals surface area contributed by atoms with E-state index in [1.54, 1.807) is 6.07 Å². The molecule has 0 saturated heterocycles. The fourth-order valence-electron chi connectivity index (χ4n) is 2.02. The van der Waals surface area contributed by atoms with Crippen molar-refractivity contribution in [2.24, 2.45) is 0 Å².